The van der Waals surface area contributed by atoms with Crippen LogP contribution in [-0.4, -0.2) is 26.8 Å². The van der Waals surface area contributed by atoms with E-state index in [1.165, 1.54) is 23.0 Å². The van der Waals surface area contributed by atoms with Crippen molar-refractivity contribution >= 4 is 17.6 Å². The number of nitrogens with zero attached hydrogens (tertiary/aromatic N) is 2. The maximum absolute atomic E-state index is 13.4. The zero-order valence-electron chi connectivity index (χ0n) is 11.3. The highest BCUT2D eigenvalue weighted by molar-refractivity contribution is 6.03. The molecule has 1 amide bonds. The van der Waals surface area contributed by atoms with Gasteiger partial charge in [-0.15, -0.1) is 0 Å². The minimum Gasteiger partial charge on any atom is -0.481 e. The first kappa shape index (κ1) is 14.7. The van der Waals surface area contributed by atoms with Crippen LogP contribution in [-0.2, 0) is 11.3 Å². The molecule has 0 fully saturated rings. The maximum atomic E-state index is 13.4. The maximum Gasteiger partial charge on any atom is 0.305 e. The Balaban J connectivity index is 2.11. The number of aryl methyl sites for hydroxylation is 2. The predicted octanol–water partition coefficient (Wildman–Crippen LogP) is 2.06. The number of benzene rings is 1. The van der Waals surface area contributed by atoms with Gasteiger partial charge in [0, 0.05) is 11.9 Å². The van der Waals surface area contributed by atoms with Gasteiger partial charge < -0.3 is 10.4 Å². The summed E-state index contributed by atoms with van der Waals surface area (Å²) >= 11 is 0. The molecule has 1 aromatic carbocycles. The Hall–Kier alpha value is -2.70. The van der Waals surface area contributed by atoms with Crippen LogP contribution in [0.4, 0.5) is 10.1 Å². The van der Waals surface area contributed by atoms with Gasteiger partial charge >= 0.3 is 5.97 Å². The normalized spacial score (nSPS) is 10.4. The standard InChI is InChI=1S/C14H14FN3O3/c1-9-2-3-10(8-11(9)15)17-14(21)12-4-6-16-18(12)7-5-13(19)20/h2-4,6,8H,5,7H2,1H3,(H,17,21)(H,19,20). The molecular weight excluding hydrogens is 277 g/mol. The number of carbonyl (C=O) groups excluding carboxylic acids is 1. The van der Waals surface area contributed by atoms with Gasteiger partial charge in [-0.25, -0.2) is 4.39 Å². The fourth-order valence-electron chi connectivity index (χ4n) is 1.77. The molecule has 1 aromatic heterocycles. The lowest BCUT2D eigenvalue weighted by atomic mass is 10.2. The van der Waals surface area contributed by atoms with Crippen LogP contribution in [0, 0.1) is 12.7 Å². The molecule has 0 saturated heterocycles. The summed E-state index contributed by atoms with van der Waals surface area (Å²) in [5.41, 5.74) is 1.03. The van der Waals surface area contributed by atoms with Gasteiger partial charge in [-0.05, 0) is 30.7 Å². The number of rotatable bonds is 5. The quantitative estimate of drug-likeness (QED) is 0.883. The van der Waals surface area contributed by atoms with Crippen molar-refractivity contribution in [2.75, 3.05) is 5.32 Å². The summed E-state index contributed by atoms with van der Waals surface area (Å²) in [7, 11) is 0. The minimum absolute atomic E-state index is 0.0906. The summed E-state index contributed by atoms with van der Waals surface area (Å²) in [6.45, 7) is 1.72. The van der Waals surface area contributed by atoms with Crippen LogP contribution in [0.2, 0.25) is 0 Å². The van der Waals surface area contributed by atoms with Crippen molar-refractivity contribution < 1.29 is 19.1 Å². The van der Waals surface area contributed by atoms with Crippen LogP contribution in [0.15, 0.2) is 30.5 Å². The number of carboxylic acids is 1. The zero-order valence-corrected chi connectivity index (χ0v) is 11.3. The van der Waals surface area contributed by atoms with Crippen LogP contribution in [0.25, 0.3) is 0 Å². The van der Waals surface area contributed by atoms with E-state index in [0.717, 1.165) is 0 Å². The molecular formula is C14H14FN3O3. The van der Waals surface area contributed by atoms with Crippen LogP contribution >= 0.6 is 0 Å². The lowest BCUT2D eigenvalue weighted by molar-refractivity contribution is -0.137. The van der Waals surface area contributed by atoms with E-state index in [1.807, 2.05) is 0 Å². The van der Waals surface area contributed by atoms with E-state index < -0.39 is 17.7 Å². The Labute approximate surface area is 120 Å². The fraction of sp³-hybridized carbons (Fsp3) is 0.214. The molecule has 21 heavy (non-hydrogen) atoms. The molecule has 0 bridgehead atoms. The first-order valence-electron chi connectivity index (χ1n) is 6.28. The van der Waals surface area contributed by atoms with Gasteiger partial charge in [0.25, 0.3) is 5.91 Å². The Bertz CT molecular complexity index is 682. The number of aliphatic carboxylic acids is 1. The van der Waals surface area contributed by atoms with E-state index in [2.05, 4.69) is 10.4 Å². The molecule has 0 aliphatic heterocycles. The second kappa shape index (κ2) is 6.17. The van der Waals surface area contributed by atoms with Gasteiger partial charge in [0.05, 0.1) is 13.0 Å². The van der Waals surface area contributed by atoms with Gasteiger partial charge in [-0.2, -0.15) is 5.10 Å². The van der Waals surface area contributed by atoms with E-state index in [4.69, 9.17) is 5.11 Å². The van der Waals surface area contributed by atoms with Crippen molar-refractivity contribution in [3.63, 3.8) is 0 Å². The number of nitrogens with one attached hydrogen (secondary N) is 1. The highest BCUT2D eigenvalue weighted by Crippen LogP contribution is 2.14. The molecule has 0 radical (unpaired) electrons. The average Bonchev–Trinajstić information content (AvgIpc) is 2.89. The SMILES string of the molecule is Cc1ccc(NC(=O)c2ccnn2CCC(=O)O)cc1F. The third kappa shape index (κ3) is 3.65. The van der Waals surface area contributed by atoms with E-state index in [1.54, 1.807) is 19.1 Å². The minimum atomic E-state index is -0.975. The van der Waals surface area contributed by atoms with Gasteiger partial charge in [0.1, 0.15) is 11.5 Å². The van der Waals surface area contributed by atoms with E-state index in [-0.39, 0.29) is 18.7 Å². The lowest BCUT2D eigenvalue weighted by Gasteiger charge is -2.08. The molecule has 6 nitrogen and oxygen atoms in total. The van der Waals surface area contributed by atoms with Gasteiger partial charge in [0.2, 0.25) is 0 Å². The summed E-state index contributed by atoms with van der Waals surface area (Å²) in [6.07, 6.45) is 1.27. The number of aromatic nitrogens is 2. The van der Waals surface area contributed by atoms with Gasteiger partial charge in [0.15, 0.2) is 0 Å². The molecule has 0 saturated carbocycles. The first-order chi connectivity index (χ1) is 9.97. The highest BCUT2D eigenvalue weighted by atomic mass is 19.1. The number of anilines is 1. The number of hydrogen-bond donors (Lipinski definition) is 2. The van der Waals surface area contributed by atoms with Crippen LogP contribution < -0.4 is 5.32 Å². The van der Waals surface area contributed by atoms with E-state index in [0.29, 0.717) is 11.3 Å². The monoisotopic (exact) mass is 291 g/mol. The Kier molecular flexibility index (Phi) is 4.32. The lowest BCUT2D eigenvalue weighted by Crippen LogP contribution is -2.19. The number of carboxylic acid groups (broad SMARTS) is 1. The third-order valence-electron chi connectivity index (χ3n) is 2.92. The highest BCUT2D eigenvalue weighted by Gasteiger charge is 2.13. The van der Waals surface area contributed by atoms with E-state index in [9.17, 15) is 14.0 Å². The number of hydrogen-bond acceptors (Lipinski definition) is 3. The van der Waals surface area contributed by atoms with E-state index >= 15 is 0 Å². The Morgan fingerprint density at radius 3 is 2.81 bits per heavy atom. The second-order valence-electron chi connectivity index (χ2n) is 4.50. The molecule has 2 rings (SSSR count). The van der Waals surface area contributed by atoms with Crippen molar-refractivity contribution in [1.82, 2.24) is 9.78 Å². The molecule has 0 aliphatic rings. The summed E-state index contributed by atoms with van der Waals surface area (Å²) in [4.78, 5) is 22.6. The van der Waals surface area contributed by atoms with Crippen LogP contribution in [0.1, 0.15) is 22.5 Å². The topological polar surface area (TPSA) is 84.2 Å². The van der Waals surface area contributed by atoms with Crippen LogP contribution in [0.3, 0.4) is 0 Å². The van der Waals surface area contributed by atoms with Crippen molar-refractivity contribution in [2.24, 2.45) is 0 Å². The number of amides is 1. The summed E-state index contributed by atoms with van der Waals surface area (Å²) in [6, 6.07) is 5.86. The predicted molar refractivity (Wildman–Crippen MR) is 73.6 cm³/mol. The largest absolute Gasteiger partial charge is 0.481 e. The van der Waals surface area contributed by atoms with Gasteiger partial charge in [-0.1, -0.05) is 6.07 Å². The summed E-state index contributed by atoms with van der Waals surface area (Å²) in [5.74, 6) is -1.86. The number of carbonyl (C=O) groups is 2. The molecule has 110 valence electrons. The third-order valence-corrected chi connectivity index (χ3v) is 2.92. The fourth-order valence-corrected chi connectivity index (χ4v) is 1.77. The summed E-state index contributed by atoms with van der Waals surface area (Å²) < 4.78 is 14.7. The van der Waals surface area contributed by atoms with Crippen molar-refractivity contribution in [3.05, 3.63) is 47.5 Å². The molecule has 0 unspecified atom stereocenters. The molecule has 0 atom stereocenters. The summed E-state index contributed by atoms with van der Waals surface area (Å²) in [5, 5.41) is 15.1. The Morgan fingerprint density at radius 2 is 2.14 bits per heavy atom. The van der Waals surface area contributed by atoms with Crippen molar-refractivity contribution in [3.8, 4) is 0 Å². The number of halogens is 1. The smallest absolute Gasteiger partial charge is 0.305 e. The molecule has 2 aromatic rings. The zero-order chi connectivity index (χ0) is 15.4. The van der Waals surface area contributed by atoms with Crippen molar-refractivity contribution in [2.45, 2.75) is 19.9 Å². The molecule has 1 heterocycles. The molecule has 0 spiro atoms. The molecule has 2 N–H and O–H groups in total. The first-order valence-corrected chi connectivity index (χ1v) is 6.28. The van der Waals surface area contributed by atoms with Gasteiger partial charge in [-0.3, -0.25) is 14.3 Å². The molecule has 7 heteroatoms. The Morgan fingerprint density at radius 1 is 1.38 bits per heavy atom. The average molecular weight is 291 g/mol. The second-order valence-corrected chi connectivity index (χ2v) is 4.50. The van der Waals surface area contributed by atoms with Crippen LogP contribution in [0.5, 0.6) is 0 Å². The van der Waals surface area contributed by atoms with Crippen molar-refractivity contribution in [1.29, 1.82) is 0 Å². The molecule has 0 aliphatic carbocycles.